The second-order valence-electron chi connectivity index (χ2n) is 4.56. The number of benzene rings is 1. The Hall–Kier alpha value is -2.02. The van der Waals surface area contributed by atoms with E-state index >= 15 is 0 Å². The minimum Gasteiger partial charge on any atom is -0.493 e. The molecule has 0 N–H and O–H groups in total. The van der Waals surface area contributed by atoms with Gasteiger partial charge in [-0.15, -0.1) is 0 Å². The normalized spacial score (nSPS) is 17.6. The molecule has 0 aromatic heterocycles. The van der Waals surface area contributed by atoms with Gasteiger partial charge in [-0.25, -0.2) is 0 Å². The highest BCUT2D eigenvalue weighted by atomic mass is 16.5. The monoisotopic (exact) mass is 252 g/mol. The molecule has 1 aromatic carbocycles. The van der Waals surface area contributed by atoms with E-state index in [-0.39, 0.29) is 0 Å². The molecule has 1 aromatic rings. The van der Waals surface area contributed by atoms with Gasteiger partial charge in [0.1, 0.15) is 5.75 Å². The number of allylic oxidation sites excluding steroid dienone is 5. The summed E-state index contributed by atoms with van der Waals surface area (Å²) in [5, 5.41) is 0. The van der Waals surface area contributed by atoms with Gasteiger partial charge < -0.3 is 4.74 Å². The summed E-state index contributed by atoms with van der Waals surface area (Å²) in [6.07, 6.45) is 8.06. The summed E-state index contributed by atoms with van der Waals surface area (Å²) in [7, 11) is 0. The summed E-state index contributed by atoms with van der Waals surface area (Å²) < 4.78 is 5.77. The average Bonchev–Trinajstić information content (AvgIpc) is 2.60. The average molecular weight is 252 g/mol. The zero-order chi connectivity index (χ0) is 13.7. The Labute approximate surface area is 115 Å². The molecule has 1 aliphatic rings. The predicted octanol–water partition coefficient (Wildman–Crippen LogP) is 4.93. The Bertz CT molecular complexity index is 547. The second-order valence-corrected chi connectivity index (χ2v) is 4.56. The molecule has 0 atom stereocenters. The molecular weight excluding hydrogens is 232 g/mol. The van der Waals surface area contributed by atoms with Crippen molar-refractivity contribution in [3.05, 3.63) is 72.4 Å². The molecule has 1 heteroatoms. The van der Waals surface area contributed by atoms with Gasteiger partial charge in [0.25, 0.3) is 0 Å². The Morgan fingerprint density at radius 2 is 2.16 bits per heavy atom. The minimum atomic E-state index is 0.700. The molecule has 0 saturated carbocycles. The van der Waals surface area contributed by atoms with Crippen molar-refractivity contribution in [2.75, 3.05) is 6.61 Å². The van der Waals surface area contributed by atoms with Crippen LogP contribution in [-0.2, 0) is 0 Å². The standard InChI is InChI=1S/C18H20O/c1-4-15(5-2)10-11-16-12-13-19-18-9-7-6-8-17(18)14(16)3/h4,6-11H,1,3,5,12-13H2,2H3/b15-10+,16-11+. The quantitative estimate of drug-likeness (QED) is 0.693. The molecule has 0 saturated heterocycles. The zero-order valence-electron chi connectivity index (χ0n) is 11.5. The summed E-state index contributed by atoms with van der Waals surface area (Å²) in [4.78, 5) is 0. The molecule has 98 valence electrons. The van der Waals surface area contributed by atoms with Crippen LogP contribution in [0, 0.1) is 0 Å². The lowest BCUT2D eigenvalue weighted by Crippen LogP contribution is -1.94. The lowest BCUT2D eigenvalue weighted by atomic mass is 9.97. The smallest absolute Gasteiger partial charge is 0.127 e. The first-order valence-electron chi connectivity index (χ1n) is 6.70. The van der Waals surface area contributed by atoms with E-state index in [9.17, 15) is 0 Å². The highest BCUT2D eigenvalue weighted by Crippen LogP contribution is 2.34. The molecule has 0 spiro atoms. The van der Waals surface area contributed by atoms with E-state index in [1.54, 1.807) is 0 Å². The van der Waals surface area contributed by atoms with Crippen molar-refractivity contribution in [3.8, 4) is 5.75 Å². The van der Waals surface area contributed by atoms with E-state index in [0.717, 1.165) is 29.7 Å². The van der Waals surface area contributed by atoms with Crippen LogP contribution in [0.2, 0.25) is 0 Å². The molecule has 1 heterocycles. The van der Waals surface area contributed by atoms with Gasteiger partial charge in [0.2, 0.25) is 0 Å². The van der Waals surface area contributed by atoms with Crippen molar-refractivity contribution >= 4 is 5.57 Å². The van der Waals surface area contributed by atoms with E-state index in [0.29, 0.717) is 6.61 Å². The van der Waals surface area contributed by atoms with Crippen molar-refractivity contribution in [2.45, 2.75) is 19.8 Å². The number of hydrogen-bond acceptors (Lipinski definition) is 1. The van der Waals surface area contributed by atoms with E-state index in [4.69, 9.17) is 4.74 Å². The summed E-state index contributed by atoms with van der Waals surface area (Å²) in [6, 6.07) is 8.08. The van der Waals surface area contributed by atoms with Crippen LogP contribution in [0.3, 0.4) is 0 Å². The Morgan fingerprint density at radius 1 is 1.37 bits per heavy atom. The molecule has 1 nitrogen and oxygen atoms in total. The van der Waals surface area contributed by atoms with E-state index in [1.165, 1.54) is 11.1 Å². The number of para-hydroxylation sites is 1. The van der Waals surface area contributed by atoms with Crippen LogP contribution >= 0.6 is 0 Å². The lowest BCUT2D eigenvalue weighted by Gasteiger charge is -2.07. The molecule has 19 heavy (non-hydrogen) atoms. The molecular formula is C18H20O. The van der Waals surface area contributed by atoms with Gasteiger partial charge in [-0.05, 0) is 29.2 Å². The maximum atomic E-state index is 5.77. The lowest BCUT2D eigenvalue weighted by molar-refractivity contribution is 0.326. The van der Waals surface area contributed by atoms with Crippen molar-refractivity contribution in [3.63, 3.8) is 0 Å². The first kappa shape index (κ1) is 13.4. The molecule has 0 amide bonds. The van der Waals surface area contributed by atoms with E-state index < -0.39 is 0 Å². The maximum Gasteiger partial charge on any atom is 0.127 e. The van der Waals surface area contributed by atoms with Crippen LogP contribution in [0.5, 0.6) is 5.75 Å². The summed E-state index contributed by atoms with van der Waals surface area (Å²) >= 11 is 0. The Morgan fingerprint density at radius 3 is 2.89 bits per heavy atom. The van der Waals surface area contributed by atoms with Crippen LogP contribution < -0.4 is 4.74 Å². The van der Waals surface area contributed by atoms with Crippen molar-refractivity contribution in [1.82, 2.24) is 0 Å². The van der Waals surface area contributed by atoms with Crippen LogP contribution in [0.1, 0.15) is 25.3 Å². The minimum absolute atomic E-state index is 0.700. The second kappa shape index (κ2) is 6.24. The van der Waals surface area contributed by atoms with Gasteiger partial charge in [0.15, 0.2) is 0 Å². The van der Waals surface area contributed by atoms with Crippen molar-refractivity contribution in [1.29, 1.82) is 0 Å². The van der Waals surface area contributed by atoms with Gasteiger partial charge >= 0.3 is 0 Å². The maximum absolute atomic E-state index is 5.77. The predicted molar refractivity (Wildman–Crippen MR) is 82.2 cm³/mol. The first-order chi connectivity index (χ1) is 9.26. The Balaban J connectivity index is 2.34. The van der Waals surface area contributed by atoms with E-state index in [1.807, 2.05) is 24.3 Å². The molecule has 0 unspecified atom stereocenters. The molecule has 0 bridgehead atoms. The summed E-state index contributed by atoms with van der Waals surface area (Å²) in [5.41, 5.74) is 4.62. The zero-order valence-corrected chi connectivity index (χ0v) is 11.5. The first-order valence-corrected chi connectivity index (χ1v) is 6.70. The molecule has 0 fully saturated rings. The molecule has 0 radical (unpaired) electrons. The van der Waals surface area contributed by atoms with E-state index in [2.05, 4.69) is 38.3 Å². The SMILES string of the molecule is C=C/C(=C\C=C1/CCOc2ccccc2C1=C)CC. The fraction of sp³-hybridized carbons (Fsp3) is 0.222. The van der Waals surface area contributed by atoms with Crippen molar-refractivity contribution in [2.24, 2.45) is 0 Å². The fourth-order valence-electron chi connectivity index (χ4n) is 2.16. The van der Waals surface area contributed by atoms with Crippen LogP contribution in [0.4, 0.5) is 0 Å². The third-order valence-corrected chi connectivity index (χ3v) is 3.40. The van der Waals surface area contributed by atoms with Gasteiger partial charge in [-0.1, -0.05) is 56.5 Å². The fourth-order valence-corrected chi connectivity index (χ4v) is 2.16. The number of hydrogen-bond donors (Lipinski definition) is 0. The topological polar surface area (TPSA) is 9.23 Å². The van der Waals surface area contributed by atoms with Gasteiger partial charge in [-0.3, -0.25) is 0 Å². The Kier molecular flexibility index (Phi) is 4.40. The largest absolute Gasteiger partial charge is 0.493 e. The number of fused-ring (bicyclic) bond motifs is 1. The number of rotatable bonds is 3. The van der Waals surface area contributed by atoms with Crippen molar-refractivity contribution < 1.29 is 4.74 Å². The summed E-state index contributed by atoms with van der Waals surface area (Å²) in [6.45, 7) is 10.9. The highest BCUT2D eigenvalue weighted by molar-refractivity contribution is 5.81. The van der Waals surface area contributed by atoms with Gasteiger partial charge in [0.05, 0.1) is 6.61 Å². The third-order valence-electron chi connectivity index (χ3n) is 3.40. The molecule has 1 aliphatic heterocycles. The van der Waals surface area contributed by atoms with Gasteiger partial charge in [-0.2, -0.15) is 0 Å². The molecule has 2 rings (SSSR count). The van der Waals surface area contributed by atoms with Crippen LogP contribution in [0.15, 0.2) is 66.8 Å². The molecule has 0 aliphatic carbocycles. The summed E-state index contributed by atoms with van der Waals surface area (Å²) in [5.74, 6) is 0.930. The third kappa shape index (κ3) is 3.05. The highest BCUT2D eigenvalue weighted by Gasteiger charge is 2.14. The van der Waals surface area contributed by atoms with Gasteiger partial charge in [0, 0.05) is 12.0 Å². The van der Waals surface area contributed by atoms with Crippen LogP contribution in [0.25, 0.3) is 5.57 Å². The van der Waals surface area contributed by atoms with Crippen LogP contribution in [-0.4, -0.2) is 6.61 Å². The number of ether oxygens (including phenoxy) is 1.